The molecule has 0 heterocycles. The van der Waals surface area contributed by atoms with Crippen LogP contribution in [0, 0.1) is 0 Å². The second kappa shape index (κ2) is 5.69. The van der Waals surface area contributed by atoms with Gasteiger partial charge in [0.2, 0.25) is 0 Å². The minimum absolute atomic E-state index is 0.661. The van der Waals surface area contributed by atoms with Gasteiger partial charge < -0.3 is 22.1 Å². The Morgan fingerprint density at radius 3 is 1.00 bits per heavy atom. The van der Waals surface area contributed by atoms with Crippen LogP contribution in [0.3, 0.4) is 0 Å². The summed E-state index contributed by atoms with van der Waals surface area (Å²) in [6, 6.07) is 23.0. The maximum atomic E-state index is 6.17. The predicted octanol–water partition coefficient (Wildman–Crippen LogP) is 3.90. The molecule has 0 aliphatic rings. The average molecular weight is 290 g/mol. The highest BCUT2D eigenvalue weighted by atomic mass is 15.2. The van der Waals surface area contributed by atoms with E-state index in [0.29, 0.717) is 17.1 Å². The van der Waals surface area contributed by atoms with E-state index < -0.39 is 0 Å². The molecule has 4 nitrogen and oxygen atoms in total. The summed E-state index contributed by atoms with van der Waals surface area (Å²) >= 11 is 0. The van der Waals surface area contributed by atoms with Crippen LogP contribution in [-0.4, -0.2) is 0 Å². The van der Waals surface area contributed by atoms with Crippen molar-refractivity contribution < 1.29 is 0 Å². The average Bonchev–Trinajstić information content (AvgIpc) is 2.53. The first kappa shape index (κ1) is 13.8. The Labute approximate surface area is 129 Å². The number of rotatable bonds is 3. The molecule has 3 aromatic carbocycles. The lowest BCUT2D eigenvalue weighted by molar-refractivity contribution is 1.29. The van der Waals surface area contributed by atoms with Crippen LogP contribution in [0.2, 0.25) is 0 Å². The van der Waals surface area contributed by atoms with Crippen molar-refractivity contribution in [2.75, 3.05) is 22.1 Å². The second-order valence-electron chi connectivity index (χ2n) is 5.01. The van der Waals surface area contributed by atoms with Gasteiger partial charge in [-0.25, -0.2) is 0 Å². The summed E-state index contributed by atoms with van der Waals surface area (Å²) in [7, 11) is 0. The van der Waals surface area contributed by atoms with E-state index >= 15 is 0 Å². The zero-order valence-corrected chi connectivity index (χ0v) is 12.1. The number of nitrogen functional groups attached to an aromatic ring is 3. The van der Waals surface area contributed by atoms with Gasteiger partial charge in [-0.1, -0.05) is 36.4 Å². The van der Waals surface area contributed by atoms with E-state index in [2.05, 4.69) is 0 Å². The Morgan fingerprint density at radius 1 is 0.455 bits per heavy atom. The summed E-state index contributed by atoms with van der Waals surface area (Å²) in [6.45, 7) is 0. The second-order valence-corrected chi connectivity index (χ2v) is 5.01. The van der Waals surface area contributed by atoms with E-state index in [1.54, 1.807) is 0 Å². The molecular formula is C18H18N4. The fourth-order valence-corrected chi connectivity index (χ4v) is 2.46. The smallest absolute Gasteiger partial charge is 0.0692 e. The fraction of sp³-hybridized carbons (Fsp3) is 0. The summed E-state index contributed by atoms with van der Waals surface area (Å²) in [5, 5.41) is 0. The van der Waals surface area contributed by atoms with Gasteiger partial charge in [0.25, 0.3) is 0 Å². The maximum absolute atomic E-state index is 6.17. The van der Waals surface area contributed by atoms with Crippen LogP contribution in [0.4, 0.5) is 34.1 Å². The molecular weight excluding hydrogens is 272 g/mol. The highest BCUT2D eigenvalue weighted by Crippen LogP contribution is 2.42. The summed E-state index contributed by atoms with van der Waals surface area (Å²) < 4.78 is 0. The molecule has 3 aromatic rings. The molecule has 0 radical (unpaired) electrons. The number of benzene rings is 3. The fourth-order valence-electron chi connectivity index (χ4n) is 2.46. The lowest BCUT2D eigenvalue weighted by Crippen LogP contribution is -2.15. The van der Waals surface area contributed by atoms with Crippen molar-refractivity contribution in [3.05, 3.63) is 72.8 Å². The van der Waals surface area contributed by atoms with Gasteiger partial charge >= 0.3 is 0 Å². The van der Waals surface area contributed by atoms with E-state index in [-0.39, 0.29) is 0 Å². The van der Waals surface area contributed by atoms with Crippen LogP contribution in [0.5, 0.6) is 0 Å². The van der Waals surface area contributed by atoms with Gasteiger partial charge in [-0.2, -0.15) is 0 Å². The third-order valence-electron chi connectivity index (χ3n) is 3.53. The molecule has 3 rings (SSSR count). The minimum atomic E-state index is 0.661. The maximum Gasteiger partial charge on any atom is 0.0692 e. The van der Waals surface area contributed by atoms with Crippen molar-refractivity contribution in [3.63, 3.8) is 0 Å². The number of anilines is 6. The number of hydrogen-bond donors (Lipinski definition) is 3. The molecule has 0 atom stereocenters. The summed E-state index contributed by atoms with van der Waals surface area (Å²) in [5.74, 6) is 0. The lowest BCUT2D eigenvalue weighted by Gasteiger charge is -2.28. The van der Waals surface area contributed by atoms with Gasteiger partial charge in [-0.05, 0) is 36.4 Å². The van der Waals surface area contributed by atoms with Crippen LogP contribution < -0.4 is 22.1 Å². The molecule has 0 saturated heterocycles. The zero-order chi connectivity index (χ0) is 15.5. The highest BCUT2D eigenvalue weighted by molar-refractivity contribution is 5.91. The summed E-state index contributed by atoms with van der Waals surface area (Å²) in [4.78, 5) is 1.99. The molecule has 22 heavy (non-hydrogen) atoms. The van der Waals surface area contributed by atoms with E-state index in [0.717, 1.165) is 17.1 Å². The molecule has 6 N–H and O–H groups in total. The third kappa shape index (κ3) is 2.42. The standard InChI is InChI=1S/C18H18N4/c19-13-7-1-4-10-16(13)22(17-11-5-2-8-14(17)20)18-12-6-3-9-15(18)21/h1-12H,19-21H2. The first-order chi connectivity index (χ1) is 10.7. The molecule has 0 bridgehead atoms. The van der Waals surface area contributed by atoms with E-state index in [1.807, 2.05) is 77.7 Å². The summed E-state index contributed by atoms with van der Waals surface area (Å²) in [6.07, 6.45) is 0. The van der Waals surface area contributed by atoms with Gasteiger partial charge in [0.05, 0.1) is 34.1 Å². The summed E-state index contributed by atoms with van der Waals surface area (Å²) in [5.41, 5.74) is 23.0. The number of nitrogens with two attached hydrogens (primary N) is 3. The largest absolute Gasteiger partial charge is 0.397 e. The normalized spacial score (nSPS) is 10.4. The van der Waals surface area contributed by atoms with Crippen LogP contribution >= 0.6 is 0 Å². The van der Waals surface area contributed by atoms with Gasteiger partial charge in [0, 0.05) is 0 Å². The molecule has 4 heteroatoms. The minimum Gasteiger partial charge on any atom is -0.397 e. The van der Waals surface area contributed by atoms with Gasteiger partial charge in [-0.3, -0.25) is 0 Å². The molecule has 0 aliphatic heterocycles. The molecule has 0 aliphatic carbocycles. The third-order valence-corrected chi connectivity index (χ3v) is 3.53. The Morgan fingerprint density at radius 2 is 0.727 bits per heavy atom. The van der Waals surface area contributed by atoms with Crippen molar-refractivity contribution in [1.82, 2.24) is 0 Å². The van der Waals surface area contributed by atoms with E-state index in [1.165, 1.54) is 0 Å². The van der Waals surface area contributed by atoms with Crippen molar-refractivity contribution in [2.24, 2.45) is 0 Å². The van der Waals surface area contributed by atoms with Gasteiger partial charge in [0.15, 0.2) is 0 Å². The van der Waals surface area contributed by atoms with Gasteiger partial charge in [-0.15, -0.1) is 0 Å². The highest BCUT2D eigenvalue weighted by Gasteiger charge is 2.18. The van der Waals surface area contributed by atoms with Crippen molar-refractivity contribution in [3.8, 4) is 0 Å². The number of nitrogens with zero attached hydrogens (tertiary/aromatic N) is 1. The Kier molecular flexibility index (Phi) is 3.58. The van der Waals surface area contributed by atoms with Crippen molar-refractivity contribution in [1.29, 1.82) is 0 Å². The number of hydrogen-bond acceptors (Lipinski definition) is 4. The van der Waals surface area contributed by atoms with Crippen molar-refractivity contribution >= 4 is 34.1 Å². The lowest BCUT2D eigenvalue weighted by atomic mass is 10.1. The zero-order valence-electron chi connectivity index (χ0n) is 12.1. The topological polar surface area (TPSA) is 81.3 Å². The first-order valence-electron chi connectivity index (χ1n) is 7.02. The van der Waals surface area contributed by atoms with Crippen LogP contribution in [0.15, 0.2) is 72.8 Å². The molecule has 0 saturated carbocycles. The quantitative estimate of drug-likeness (QED) is 0.639. The molecule has 110 valence electrons. The Hall–Kier alpha value is -3.14. The molecule has 0 aromatic heterocycles. The molecule has 0 unspecified atom stereocenters. The van der Waals surface area contributed by atoms with Gasteiger partial charge in [0.1, 0.15) is 0 Å². The van der Waals surface area contributed by atoms with Crippen LogP contribution in [-0.2, 0) is 0 Å². The molecule has 0 amide bonds. The van der Waals surface area contributed by atoms with Crippen LogP contribution in [0.25, 0.3) is 0 Å². The Balaban J connectivity index is 2.27. The SMILES string of the molecule is Nc1ccccc1N(c1ccccc1N)c1ccccc1N. The molecule has 0 spiro atoms. The van der Waals surface area contributed by atoms with Crippen LogP contribution in [0.1, 0.15) is 0 Å². The Bertz CT molecular complexity index is 690. The predicted molar refractivity (Wildman–Crippen MR) is 94.4 cm³/mol. The monoisotopic (exact) mass is 290 g/mol. The van der Waals surface area contributed by atoms with Crippen molar-refractivity contribution in [2.45, 2.75) is 0 Å². The first-order valence-corrected chi connectivity index (χ1v) is 7.02. The number of para-hydroxylation sites is 6. The van der Waals surface area contributed by atoms with E-state index in [9.17, 15) is 0 Å². The molecule has 0 fully saturated rings. The van der Waals surface area contributed by atoms with E-state index in [4.69, 9.17) is 17.2 Å².